The minimum atomic E-state index is -4.08. The van der Waals surface area contributed by atoms with Gasteiger partial charge in [0.05, 0.1) is 24.5 Å². The lowest BCUT2D eigenvalue weighted by atomic mass is 9.68. The van der Waals surface area contributed by atoms with E-state index in [9.17, 15) is 18.3 Å². The molecule has 2 fully saturated rings. The summed E-state index contributed by atoms with van der Waals surface area (Å²) in [6.45, 7) is 1.88. The number of fused-ring (bicyclic) bond motifs is 4. The first-order chi connectivity index (χ1) is 22.2. The lowest BCUT2D eigenvalue weighted by Crippen LogP contribution is -2.49. The highest BCUT2D eigenvalue weighted by Gasteiger charge is 2.45. The molecular weight excluding hydrogens is 624 g/mol. The molecule has 248 valence electrons. The van der Waals surface area contributed by atoms with Gasteiger partial charge in [-0.3, -0.25) is 4.79 Å². The molecule has 2 N–H and O–H groups in total. The van der Waals surface area contributed by atoms with Crippen molar-refractivity contribution in [1.82, 2.24) is 4.72 Å². The van der Waals surface area contributed by atoms with Gasteiger partial charge in [-0.25, -0.2) is 13.1 Å². The van der Waals surface area contributed by atoms with Gasteiger partial charge in [0.15, 0.2) is 0 Å². The third-order valence-corrected chi connectivity index (χ3v) is 13.5. The minimum absolute atomic E-state index is 0.0900. The van der Waals surface area contributed by atoms with Crippen LogP contribution in [0.4, 0.5) is 5.69 Å². The van der Waals surface area contributed by atoms with Gasteiger partial charge in [0.1, 0.15) is 11.0 Å². The van der Waals surface area contributed by atoms with Crippen molar-refractivity contribution >= 4 is 33.2 Å². The van der Waals surface area contributed by atoms with Gasteiger partial charge in [0, 0.05) is 36.2 Å². The lowest BCUT2D eigenvalue weighted by molar-refractivity contribution is 0.0450. The number of carbonyl (C=O) groups excluding carboxylic acids is 1. The highest BCUT2D eigenvalue weighted by molar-refractivity contribution is 7.90. The smallest absolute Gasteiger partial charge is 0.264 e. The number of carbonyl (C=O) groups is 1. The molecule has 2 heterocycles. The number of nitrogens with zero attached hydrogens (tertiary/aromatic N) is 1. The number of rotatable bonds is 3. The zero-order valence-electron chi connectivity index (χ0n) is 26.5. The van der Waals surface area contributed by atoms with Crippen molar-refractivity contribution in [2.24, 2.45) is 17.8 Å². The van der Waals surface area contributed by atoms with Crippen molar-refractivity contribution in [3.8, 4) is 5.75 Å². The Morgan fingerprint density at radius 1 is 1.13 bits per heavy atom. The van der Waals surface area contributed by atoms with Crippen LogP contribution in [-0.4, -0.2) is 63.7 Å². The molecule has 0 unspecified atom stereocenters. The summed E-state index contributed by atoms with van der Waals surface area (Å²) in [4.78, 5) is 16.0. The Bertz CT molecular complexity index is 1610. The normalized spacial score (nSPS) is 33.3. The molecule has 2 aromatic rings. The second-order valence-electron chi connectivity index (χ2n) is 14.3. The summed E-state index contributed by atoms with van der Waals surface area (Å²) >= 11 is 6.41. The molecule has 2 saturated carbocycles. The topological polar surface area (TPSA) is 105 Å². The van der Waals surface area contributed by atoms with Gasteiger partial charge >= 0.3 is 0 Å². The first-order valence-corrected chi connectivity index (χ1v) is 18.8. The molecule has 0 radical (unpaired) electrons. The summed E-state index contributed by atoms with van der Waals surface area (Å²) in [6, 6.07) is 11.4. The van der Waals surface area contributed by atoms with E-state index in [0.717, 1.165) is 62.1 Å². The zero-order valence-corrected chi connectivity index (χ0v) is 28.1. The third kappa shape index (κ3) is 6.09. The van der Waals surface area contributed by atoms with Crippen molar-refractivity contribution in [3.05, 3.63) is 70.3 Å². The predicted octanol–water partition coefficient (Wildman–Crippen LogP) is 5.79. The maximum absolute atomic E-state index is 13.9. The quantitative estimate of drug-likeness (QED) is 0.399. The number of amides is 1. The van der Waals surface area contributed by atoms with E-state index in [1.807, 2.05) is 18.2 Å². The minimum Gasteiger partial charge on any atom is -0.490 e. The summed E-state index contributed by atoms with van der Waals surface area (Å²) in [5.41, 5.74) is 3.29. The number of hydrogen-bond acceptors (Lipinski definition) is 7. The van der Waals surface area contributed by atoms with Gasteiger partial charge in [-0.1, -0.05) is 49.1 Å². The Kier molecular flexibility index (Phi) is 8.89. The van der Waals surface area contributed by atoms with E-state index in [4.69, 9.17) is 21.1 Å². The molecule has 8 nitrogen and oxygen atoms in total. The van der Waals surface area contributed by atoms with E-state index in [-0.39, 0.29) is 28.7 Å². The van der Waals surface area contributed by atoms with Crippen molar-refractivity contribution in [1.29, 1.82) is 0 Å². The number of aliphatic hydroxyl groups excluding tert-OH is 1. The van der Waals surface area contributed by atoms with Crippen LogP contribution in [0.5, 0.6) is 5.75 Å². The molecule has 46 heavy (non-hydrogen) atoms. The summed E-state index contributed by atoms with van der Waals surface area (Å²) in [7, 11) is -2.56. The molecular formula is C36H45ClN2O6S. The summed E-state index contributed by atoms with van der Waals surface area (Å²) in [5, 5.41) is 11.2. The number of benzene rings is 2. The summed E-state index contributed by atoms with van der Waals surface area (Å²) in [6.07, 6.45) is 11.1. The second kappa shape index (κ2) is 12.8. The molecule has 1 amide bonds. The molecule has 3 aliphatic carbocycles. The van der Waals surface area contributed by atoms with Gasteiger partial charge in [0.2, 0.25) is 10.0 Å². The molecule has 0 saturated heterocycles. The van der Waals surface area contributed by atoms with Gasteiger partial charge in [-0.15, -0.1) is 0 Å². The maximum atomic E-state index is 13.9. The number of halogens is 1. The number of sulfonamides is 1. The standard InChI is InChI=1S/C36H45ClN2O6S/c1-44-33-9-3-8-31(40)28-13-10-26(28)20-39-21-36(16-4-7-24-18-27(37)12-14-29(24)36)22-45-32-15-11-25(19-30(32)39)35(41)38-46(42,43)34(33)17-23-5-2-6-23/h3,8,11-12,14-15,18-19,23,26,28,31,33-34,40H,2,4-7,9-10,13,16-17,20-22H2,1H3,(H,38,41)/b8-3+/t26-,28+,31-,33+,34-,36-/m0/s1. The number of aliphatic hydroxyl groups is 1. The van der Waals surface area contributed by atoms with Gasteiger partial charge in [-0.2, -0.15) is 0 Å². The maximum Gasteiger partial charge on any atom is 0.264 e. The molecule has 6 atom stereocenters. The van der Waals surface area contributed by atoms with Crippen LogP contribution in [-0.2, 0) is 26.6 Å². The van der Waals surface area contributed by atoms with Crippen molar-refractivity contribution in [2.45, 2.75) is 87.1 Å². The fourth-order valence-corrected chi connectivity index (χ4v) is 10.4. The molecule has 5 aliphatic rings. The highest BCUT2D eigenvalue weighted by Crippen LogP contribution is 2.47. The van der Waals surface area contributed by atoms with Crippen LogP contribution in [0, 0.1) is 17.8 Å². The van der Waals surface area contributed by atoms with Crippen LogP contribution in [0.2, 0.25) is 5.02 Å². The number of anilines is 1. The Balaban J connectivity index is 1.28. The average Bonchev–Trinajstić information content (AvgIpc) is 3.13. The van der Waals surface area contributed by atoms with Crippen molar-refractivity contribution in [2.75, 3.05) is 31.7 Å². The summed E-state index contributed by atoms with van der Waals surface area (Å²) in [5.74, 6) is 0.666. The largest absolute Gasteiger partial charge is 0.490 e. The van der Waals surface area contributed by atoms with E-state index in [0.29, 0.717) is 38.3 Å². The Morgan fingerprint density at radius 2 is 1.98 bits per heavy atom. The Hall–Kier alpha value is -2.59. The molecule has 2 aromatic carbocycles. The Labute approximate surface area is 277 Å². The lowest BCUT2D eigenvalue weighted by Gasteiger charge is -2.45. The average molecular weight is 669 g/mol. The van der Waals surface area contributed by atoms with Crippen LogP contribution in [0.25, 0.3) is 0 Å². The highest BCUT2D eigenvalue weighted by atomic mass is 35.5. The first kappa shape index (κ1) is 32.0. The van der Waals surface area contributed by atoms with Crippen LogP contribution in [0.1, 0.15) is 79.3 Å². The number of hydrogen-bond donors (Lipinski definition) is 2. The van der Waals surface area contributed by atoms with E-state index < -0.39 is 33.4 Å². The van der Waals surface area contributed by atoms with Gasteiger partial charge < -0.3 is 19.5 Å². The van der Waals surface area contributed by atoms with Crippen LogP contribution in [0.3, 0.4) is 0 Å². The Morgan fingerprint density at radius 3 is 2.72 bits per heavy atom. The fraction of sp³-hybridized carbons (Fsp3) is 0.583. The number of methoxy groups -OCH3 is 1. The summed E-state index contributed by atoms with van der Waals surface area (Å²) < 4.78 is 42.5. The van der Waals surface area contributed by atoms with E-state index in [1.165, 1.54) is 18.2 Å². The third-order valence-electron chi connectivity index (χ3n) is 11.5. The molecule has 1 spiro atoms. The SMILES string of the molecule is CO[C@@H]1C/C=C/[C@H](O)[C@@H]2CC[C@H]2CN2C[C@@]3(CCCc4cc(Cl)ccc43)COc3ccc(cc32)C(=O)NS(=O)(=O)[C@H]1CC1CCC1. The molecule has 2 bridgehead atoms. The van der Waals surface area contributed by atoms with Gasteiger partial charge in [-0.05, 0) is 104 Å². The van der Waals surface area contributed by atoms with E-state index >= 15 is 0 Å². The first-order valence-electron chi connectivity index (χ1n) is 16.9. The van der Waals surface area contributed by atoms with Crippen LogP contribution >= 0.6 is 11.6 Å². The van der Waals surface area contributed by atoms with Crippen LogP contribution < -0.4 is 14.4 Å². The molecule has 7 rings (SSSR count). The van der Waals surface area contributed by atoms with E-state index in [1.54, 1.807) is 18.2 Å². The molecule has 2 aliphatic heterocycles. The number of nitrogens with one attached hydrogen (secondary N) is 1. The molecule has 0 aromatic heterocycles. The molecule has 10 heteroatoms. The van der Waals surface area contributed by atoms with Gasteiger partial charge in [0.25, 0.3) is 5.91 Å². The monoisotopic (exact) mass is 668 g/mol. The number of aryl methyl sites for hydroxylation is 1. The fourth-order valence-electron chi connectivity index (χ4n) is 8.50. The number of ether oxygens (including phenoxy) is 2. The van der Waals surface area contributed by atoms with E-state index in [2.05, 4.69) is 21.8 Å². The van der Waals surface area contributed by atoms with Crippen molar-refractivity contribution in [3.63, 3.8) is 0 Å². The van der Waals surface area contributed by atoms with Crippen molar-refractivity contribution < 1.29 is 27.8 Å². The second-order valence-corrected chi connectivity index (χ2v) is 16.6. The predicted molar refractivity (Wildman–Crippen MR) is 179 cm³/mol. The van der Waals surface area contributed by atoms with Crippen LogP contribution in [0.15, 0.2) is 48.6 Å². The zero-order chi connectivity index (χ0) is 32.1.